The predicted octanol–water partition coefficient (Wildman–Crippen LogP) is 5.22. The van der Waals surface area contributed by atoms with E-state index in [0.717, 1.165) is 0 Å². The highest BCUT2D eigenvalue weighted by molar-refractivity contribution is 9.10. The fraction of sp³-hybridized carbons (Fsp3) is 0. The van der Waals surface area contributed by atoms with Crippen LogP contribution in [0.1, 0.15) is 0 Å². The zero-order chi connectivity index (χ0) is 13.3. The summed E-state index contributed by atoms with van der Waals surface area (Å²) in [7, 11) is 0. The number of hydrogen-bond donors (Lipinski definition) is 2. The van der Waals surface area contributed by atoms with Gasteiger partial charge in [0.05, 0.1) is 22.1 Å². The molecule has 2 rings (SSSR count). The normalized spacial score (nSPS) is 10.4. The summed E-state index contributed by atoms with van der Waals surface area (Å²) in [6.45, 7) is 0. The highest BCUT2D eigenvalue weighted by atomic mass is 79.9. The minimum Gasteiger partial charge on any atom is -0.397 e. The highest BCUT2D eigenvalue weighted by Crippen LogP contribution is 2.36. The molecule has 2 aromatic rings. The van der Waals surface area contributed by atoms with E-state index in [2.05, 4.69) is 21.2 Å². The topological polar surface area (TPSA) is 38.0 Å². The summed E-state index contributed by atoms with van der Waals surface area (Å²) in [4.78, 5) is 0. The van der Waals surface area contributed by atoms with Gasteiger partial charge in [0.2, 0.25) is 0 Å². The lowest BCUT2D eigenvalue weighted by molar-refractivity contribution is 0.627. The second-order valence-corrected chi connectivity index (χ2v) is 5.30. The van der Waals surface area contributed by atoms with E-state index in [1.165, 1.54) is 12.1 Å². The quantitative estimate of drug-likeness (QED) is 0.729. The molecule has 3 N–H and O–H groups in total. The van der Waals surface area contributed by atoms with Crippen LogP contribution in [-0.4, -0.2) is 0 Å². The minimum absolute atomic E-state index is 0.260. The Morgan fingerprint density at radius 2 is 1.89 bits per heavy atom. The second-order valence-electron chi connectivity index (χ2n) is 3.60. The first-order chi connectivity index (χ1) is 8.47. The summed E-state index contributed by atoms with van der Waals surface area (Å²) in [5, 5.41) is 3.84. The number of nitrogen functional groups attached to an aromatic ring is 1. The van der Waals surface area contributed by atoms with Gasteiger partial charge in [-0.1, -0.05) is 23.2 Å². The number of rotatable bonds is 2. The Kier molecular flexibility index (Phi) is 4.00. The van der Waals surface area contributed by atoms with Gasteiger partial charge in [0.25, 0.3) is 0 Å². The van der Waals surface area contributed by atoms with Crippen LogP contribution in [0.15, 0.2) is 34.8 Å². The van der Waals surface area contributed by atoms with Crippen LogP contribution in [0.5, 0.6) is 0 Å². The maximum absolute atomic E-state index is 13.1. The molecule has 0 aliphatic carbocycles. The summed E-state index contributed by atoms with van der Waals surface area (Å²) < 4.78 is 13.6. The van der Waals surface area contributed by atoms with Crippen LogP contribution in [0, 0.1) is 5.82 Å². The summed E-state index contributed by atoms with van der Waals surface area (Å²) in [5.41, 5.74) is 7.50. The lowest BCUT2D eigenvalue weighted by atomic mass is 10.2. The van der Waals surface area contributed by atoms with Crippen molar-refractivity contribution in [3.63, 3.8) is 0 Å². The van der Waals surface area contributed by atoms with Gasteiger partial charge in [-0.2, -0.15) is 0 Å². The summed E-state index contributed by atoms with van der Waals surface area (Å²) in [5.74, 6) is -0.415. The molecular weight excluding hydrogens is 342 g/mol. The van der Waals surface area contributed by atoms with E-state index in [9.17, 15) is 4.39 Å². The van der Waals surface area contributed by atoms with E-state index in [1.807, 2.05) is 0 Å². The van der Waals surface area contributed by atoms with Crippen molar-refractivity contribution >= 4 is 56.2 Å². The number of nitrogens with two attached hydrogens (primary N) is 1. The van der Waals surface area contributed by atoms with Crippen molar-refractivity contribution in [3.8, 4) is 0 Å². The summed E-state index contributed by atoms with van der Waals surface area (Å²) in [6.07, 6.45) is 0. The van der Waals surface area contributed by atoms with Gasteiger partial charge in [0.15, 0.2) is 0 Å². The Labute approximate surface area is 122 Å². The van der Waals surface area contributed by atoms with Crippen LogP contribution < -0.4 is 11.1 Å². The number of nitrogens with one attached hydrogen (secondary N) is 1. The molecular formula is C12H8BrCl2FN2. The van der Waals surface area contributed by atoms with Crippen molar-refractivity contribution in [1.29, 1.82) is 0 Å². The van der Waals surface area contributed by atoms with Gasteiger partial charge in [-0.3, -0.25) is 0 Å². The number of anilines is 3. The molecule has 0 aliphatic rings. The number of benzene rings is 2. The Bertz CT molecular complexity index is 582. The van der Waals surface area contributed by atoms with Crippen molar-refractivity contribution in [1.82, 2.24) is 0 Å². The van der Waals surface area contributed by atoms with E-state index < -0.39 is 5.82 Å². The monoisotopic (exact) mass is 348 g/mol. The lowest BCUT2D eigenvalue weighted by Crippen LogP contribution is -1.98. The SMILES string of the molecule is Nc1cc(Cl)ccc1Nc1c(Cl)cc(F)cc1Br. The van der Waals surface area contributed by atoms with Crippen molar-refractivity contribution in [2.24, 2.45) is 0 Å². The van der Waals surface area contributed by atoms with E-state index >= 15 is 0 Å². The van der Waals surface area contributed by atoms with E-state index in [1.54, 1.807) is 18.2 Å². The Morgan fingerprint density at radius 3 is 2.50 bits per heavy atom. The first-order valence-corrected chi connectivity index (χ1v) is 6.49. The standard InChI is InChI=1S/C12H8BrCl2FN2/c13-8-4-7(16)5-9(15)12(8)18-11-2-1-6(14)3-10(11)17/h1-5,18H,17H2. The Hall–Kier alpha value is -0.970. The van der Waals surface area contributed by atoms with Gasteiger partial charge in [-0.15, -0.1) is 0 Å². The van der Waals surface area contributed by atoms with Crippen LogP contribution in [0.4, 0.5) is 21.5 Å². The molecule has 0 saturated heterocycles. The Balaban J connectivity index is 2.40. The van der Waals surface area contributed by atoms with Gasteiger partial charge < -0.3 is 11.1 Å². The number of halogens is 4. The summed E-state index contributed by atoms with van der Waals surface area (Å²) in [6, 6.07) is 7.59. The molecule has 18 heavy (non-hydrogen) atoms. The lowest BCUT2D eigenvalue weighted by Gasteiger charge is -2.13. The van der Waals surface area contributed by atoms with Gasteiger partial charge in [0, 0.05) is 9.50 Å². The van der Waals surface area contributed by atoms with Gasteiger partial charge in [0.1, 0.15) is 5.82 Å². The van der Waals surface area contributed by atoms with Crippen molar-refractivity contribution in [2.45, 2.75) is 0 Å². The maximum Gasteiger partial charge on any atom is 0.125 e. The predicted molar refractivity (Wildman–Crippen MR) is 78.3 cm³/mol. The molecule has 94 valence electrons. The van der Waals surface area contributed by atoms with Crippen molar-refractivity contribution < 1.29 is 4.39 Å². The van der Waals surface area contributed by atoms with Crippen LogP contribution in [0.25, 0.3) is 0 Å². The van der Waals surface area contributed by atoms with Crippen LogP contribution in [-0.2, 0) is 0 Å². The molecule has 2 nitrogen and oxygen atoms in total. The molecule has 0 aromatic heterocycles. The van der Waals surface area contributed by atoms with Crippen LogP contribution in [0.2, 0.25) is 10.0 Å². The number of hydrogen-bond acceptors (Lipinski definition) is 2. The van der Waals surface area contributed by atoms with Crippen molar-refractivity contribution in [3.05, 3.63) is 50.7 Å². The molecule has 0 spiro atoms. The third kappa shape index (κ3) is 2.88. The molecule has 0 fully saturated rings. The second kappa shape index (κ2) is 5.34. The average Bonchev–Trinajstić information content (AvgIpc) is 2.25. The molecule has 0 amide bonds. The maximum atomic E-state index is 13.1. The van der Waals surface area contributed by atoms with Crippen molar-refractivity contribution in [2.75, 3.05) is 11.1 Å². The average molecular weight is 350 g/mol. The third-order valence-electron chi connectivity index (χ3n) is 2.28. The largest absolute Gasteiger partial charge is 0.397 e. The van der Waals surface area contributed by atoms with Gasteiger partial charge in [-0.25, -0.2) is 4.39 Å². The Morgan fingerprint density at radius 1 is 1.17 bits per heavy atom. The molecule has 0 unspecified atom stereocenters. The molecule has 0 atom stereocenters. The zero-order valence-electron chi connectivity index (χ0n) is 8.98. The smallest absolute Gasteiger partial charge is 0.125 e. The summed E-state index contributed by atoms with van der Waals surface area (Å²) >= 11 is 15.0. The highest BCUT2D eigenvalue weighted by Gasteiger charge is 2.10. The fourth-order valence-corrected chi connectivity index (χ4v) is 2.52. The van der Waals surface area contributed by atoms with E-state index in [4.69, 9.17) is 28.9 Å². The molecule has 0 aliphatic heterocycles. The molecule has 0 radical (unpaired) electrons. The van der Waals surface area contributed by atoms with E-state index in [-0.39, 0.29) is 5.02 Å². The minimum atomic E-state index is -0.415. The van der Waals surface area contributed by atoms with Crippen LogP contribution >= 0.6 is 39.1 Å². The van der Waals surface area contributed by atoms with Gasteiger partial charge in [-0.05, 0) is 46.3 Å². The van der Waals surface area contributed by atoms with Crippen LogP contribution in [0.3, 0.4) is 0 Å². The first kappa shape index (κ1) is 13.5. The molecule has 2 aromatic carbocycles. The molecule has 0 bridgehead atoms. The first-order valence-electron chi connectivity index (χ1n) is 4.94. The molecule has 6 heteroatoms. The van der Waals surface area contributed by atoms with Gasteiger partial charge >= 0.3 is 0 Å². The molecule has 0 saturated carbocycles. The third-order valence-corrected chi connectivity index (χ3v) is 3.44. The molecule has 0 heterocycles. The fourth-order valence-electron chi connectivity index (χ4n) is 1.44. The zero-order valence-corrected chi connectivity index (χ0v) is 12.1. The van der Waals surface area contributed by atoms with E-state index in [0.29, 0.717) is 26.6 Å².